The molecule has 0 saturated carbocycles. The Morgan fingerprint density at radius 1 is 1.18 bits per heavy atom. The first-order chi connectivity index (χ1) is 13.5. The number of aryl methyl sites for hydroxylation is 1. The number of benzene rings is 2. The van der Waals surface area contributed by atoms with Crippen LogP contribution in [0.2, 0.25) is 0 Å². The third kappa shape index (κ3) is 3.65. The Kier molecular flexibility index (Phi) is 4.90. The monoisotopic (exact) mass is 376 g/mol. The third-order valence-electron chi connectivity index (χ3n) is 5.48. The lowest BCUT2D eigenvalue weighted by molar-refractivity contribution is -0.139. The van der Waals surface area contributed by atoms with Gasteiger partial charge < -0.3 is 15.0 Å². The average molecular weight is 376 g/mol. The fraction of sp³-hybridized carbons (Fsp3) is 0.304. The van der Waals surface area contributed by atoms with Crippen LogP contribution in [0.25, 0.3) is 10.9 Å². The minimum Gasteiger partial charge on any atom is -0.469 e. The Balaban J connectivity index is 1.52. The van der Waals surface area contributed by atoms with Crippen molar-refractivity contribution in [3.05, 3.63) is 64.8 Å². The van der Waals surface area contributed by atoms with Gasteiger partial charge in [0.15, 0.2) is 0 Å². The lowest BCUT2D eigenvalue weighted by Crippen LogP contribution is -2.12. The summed E-state index contributed by atoms with van der Waals surface area (Å²) in [5, 5.41) is 4.09. The highest BCUT2D eigenvalue weighted by Gasteiger charge is 2.20. The van der Waals surface area contributed by atoms with Crippen LogP contribution in [0, 0.1) is 5.92 Å². The smallest absolute Gasteiger partial charge is 0.309 e. The molecule has 1 amide bonds. The van der Waals surface area contributed by atoms with Crippen molar-refractivity contribution in [3.63, 3.8) is 0 Å². The zero-order valence-electron chi connectivity index (χ0n) is 16.2. The molecule has 5 heteroatoms. The van der Waals surface area contributed by atoms with E-state index >= 15 is 0 Å². The summed E-state index contributed by atoms with van der Waals surface area (Å²) in [7, 11) is 1.37. The van der Waals surface area contributed by atoms with Crippen LogP contribution in [0.5, 0.6) is 0 Å². The van der Waals surface area contributed by atoms with E-state index in [2.05, 4.69) is 22.0 Å². The number of esters is 1. The van der Waals surface area contributed by atoms with E-state index in [0.29, 0.717) is 17.2 Å². The maximum absolute atomic E-state index is 12.7. The quantitative estimate of drug-likeness (QED) is 0.668. The van der Waals surface area contributed by atoms with Gasteiger partial charge in [0.1, 0.15) is 0 Å². The molecule has 0 fully saturated rings. The van der Waals surface area contributed by atoms with Gasteiger partial charge in [-0.15, -0.1) is 0 Å². The highest BCUT2D eigenvalue weighted by Crippen LogP contribution is 2.32. The van der Waals surface area contributed by atoms with E-state index in [-0.39, 0.29) is 18.3 Å². The summed E-state index contributed by atoms with van der Waals surface area (Å²) < 4.78 is 4.67. The number of aromatic amines is 1. The molecule has 4 rings (SSSR count). The van der Waals surface area contributed by atoms with Crippen molar-refractivity contribution in [2.24, 2.45) is 5.92 Å². The van der Waals surface area contributed by atoms with Gasteiger partial charge in [0.05, 0.1) is 13.5 Å². The minimum atomic E-state index is -0.283. The number of rotatable bonds is 4. The number of aromatic nitrogens is 1. The van der Waals surface area contributed by atoms with Gasteiger partial charge in [-0.05, 0) is 66.6 Å². The van der Waals surface area contributed by atoms with Crippen molar-refractivity contribution in [3.8, 4) is 0 Å². The number of H-pyrrole nitrogens is 1. The molecule has 144 valence electrons. The minimum absolute atomic E-state index is 0.138. The number of hydrogen-bond acceptors (Lipinski definition) is 3. The molecule has 1 aliphatic carbocycles. The van der Waals surface area contributed by atoms with Crippen LogP contribution < -0.4 is 5.32 Å². The summed E-state index contributed by atoms with van der Waals surface area (Å²) in [5.41, 5.74) is 5.96. The van der Waals surface area contributed by atoms with Crippen LogP contribution in [-0.2, 0) is 28.8 Å². The molecule has 3 aromatic rings. The first-order valence-corrected chi connectivity index (χ1v) is 9.64. The molecule has 0 bridgehead atoms. The lowest BCUT2D eigenvalue weighted by Gasteiger charge is -2.18. The zero-order valence-corrected chi connectivity index (χ0v) is 16.2. The maximum atomic E-state index is 12.7. The van der Waals surface area contributed by atoms with Gasteiger partial charge in [-0.1, -0.05) is 19.1 Å². The zero-order chi connectivity index (χ0) is 19.7. The molecule has 0 saturated heterocycles. The predicted octanol–water partition coefficient (Wildman–Crippen LogP) is 4.26. The van der Waals surface area contributed by atoms with E-state index in [4.69, 9.17) is 0 Å². The largest absolute Gasteiger partial charge is 0.469 e. The summed E-state index contributed by atoms with van der Waals surface area (Å²) >= 11 is 0. The lowest BCUT2D eigenvalue weighted by atomic mass is 9.87. The predicted molar refractivity (Wildman–Crippen MR) is 110 cm³/mol. The molecule has 28 heavy (non-hydrogen) atoms. The molecule has 2 aromatic carbocycles. The standard InChI is InChI=1S/C23H24N2O3/c1-14-3-9-20-18(11-14)19-13-16(6-10-21(19)25-20)23(27)24-17-7-4-15(5-8-17)12-22(26)28-2/h4-8,10,13-14,25H,3,9,11-12H2,1-2H3,(H,24,27)/t14-/m1/s1. The van der Waals surface area contributed by atoms with Crippen LogP contribution in [0.1, 0.15) is 40.5 Å². The van der Waals surface area contributed by atoms with E-state index in [1.54, 1.807) is 12.1 Å². The molecule has 0 unspecified atom stereocenters. The molecular formula is C23H24N2O3. The molecule has 1 heterocycles. The summed E-state index contributed by atoms with van der Waals surface area (Å²) in [6, 6.07) is 13.1. The Morgan fingerprint density at radius 3 is 2.71 bits per heavy atom. The first kappa shape index (κ1) is 18.3. The van der Waals surface area contributed by atoms with Crippen molar-refractivity contribution in [2.45, 2.75) is 32.6 Å². The first-order valence-electron chi connectivity index (χ1n) is 9.64. The van der Waals surface area contributed by atoms with Gasteiger partial charge in [-0.2, -0.15) is 0 Å². The Morgan fingerprint density at radius 2 is 1.96 bits per heavy atom. The maximum Gasteiger partial charge on any atom is 0.309 e. The Labute approximate surface area is 164 Å². The van der Waals surface area contributed by atoms with Crippen molar-refractivity contribution in [2.75, 3.05) is 12.4 Å². The van der Waals surface area contributed by atoms with Crippen molar-refractivity contribution < 1.29 is 14.3 Å². The molecule has 1 atom stereocenters. The number of methoxy groups -OCH3 is 1. The molecule has 1 aromatic heterocycles. The fourth-order valence-corrected chi connectivity index (χ4v) is 3.88. The summed E-state index contributed by atoms with van der Waals surface area (Å²) in [4.78, 5) is 27.6. The van der Waals surface area contributed by atoms with Crippen LogP contribution in [0.15, 0.2) is 42.5 Å². The van der Waals surface area contributed by atoms with Crippen LogP contribution >= 0.6 is 0 Å². The second-order valence-electron chi connectivity index (χ2n) is 7.59. The van der Waals surface area contributed by atoms with E-state index in [0.717, 1.165) is 29.3 Å². The Bertz CT molecular complexity index is 1030. The normalized spacial score (nSPS) is 15.9. The second kappa shape index (κ2) is 7.50. The fourth-order valence-electron chi connectivity index (χ4n) is 3.88. The van der Waals surface area contributed by atoms with Crippen molar-refractivity contribution in [1.29, 1.82) is 0 Å². The molecule has 0 aliphatic heterocycles. The van der Waals surface area contributed by atoms with E-state index in [1.165, 1.54) is 24.8 Å². The molecule has 0 radical (unpaired) electrons. The summed E-state index contributed by atoms with van der Waals surface area (Å²) in [5.74, 6) is 0.253. The van der Waals surface area contributed by atoms with Crippen molar-refractivity contribution in [1.82, 2.24) is 4.98 Å². The number of carbonyl (C=O) groups excluding carboxylic acids is 2. The van der Waals surface area contributed by atoms with Crippen molar-refractivity contribution >= 4 is 28.5 Å². The SMILES string of the molecule is COC(=O)Cc1ccc(NC(=O)c2ccc3[nH]c4c(c3c2)C[C@H](C)CC4)cc1. The Hall–Kier alpha value is -3.08. The molecule has 5 nitrogen and oxygen atoms in total. The van der Waals surface area contributed by atoms with Gasteiger partial charge in [0, 0.05) is 27.8 Å². The van der Waals surface area contributed by atoms with E-state index in [9.17, 15) is 9.59 Å². The highest BCUT2D eigenvalue weighted by molar-refractivity contribution is 6.06. The van der Waals surface area contributed by atoms with Crippen LogP contribution in [0.3, 0.4) is 0 Å². The molecular weight excluding hydrogens is 352 g/mol. The van der Waals surface area contributed by atoms with Gasteiger partial charge in [0.2, 0.25) is 0 Å². The number of fused-ring (bicyclic) bond motifs is 3. The third-order valence-corrected chi connectivity index (χ3v) is 5.48. The number of amides is 1. The number of hydrogen-bond donors (Lipinski definition) is 2. The van der Waals surface area contributed by atoms with Gasteiger partial charge in [-0.25, -0.2) is 0 Å². The van der Waals surface area contributed by atoms with Crippen LogP contribution in [-0.4, -0.2) is 24.0 Å². The van der Waals surface area contributed by atoms with Gasteiger partial charge >= 0.3 is 5.97 Å². The molecule has 0 spiro atoms. The van der Waals surface area contributed by atoms with Crippen LogP contribution in [0.4, 0.5) is 5.69 Å². The topological polar surface area (TPSA) is 71.2 Å². The highest BCUT2D eigenvalue weighted by atomic mass is 16.5. The number of nitrogens with one attached hydrogen (secondary N) is 2. The summed E-state index contributed by atoms with van der Waals surface area (Å²) in [6.07, 6.45) is 3.56. The molecule has 1 aliphatic rings. The molecule has 2 N–H and O–H groups in total. The number of anilines is 1. The van der Waals surface area contributed by atoms with Gasteiger partial charge in [0.25, 0.3) is 5.91 Å². The van der Waals surface area contributed by atoms with E-state index < -0.39 is 0 Å². The average Bonchev–Trinajstić information content (AvgIpc) is 3.06. The number of ether oxygens (including phenoxy) is 1. The van der Waals surface area contributed by atoms with Gasteiger partial charge in [-0.3, -0.25) is 9.59 Å². The second-order valence-corrected chi connectivity index (χ2v) is 7.59. The number of carbonyl (C=O) groups is 2. The summed E-state index contributed by atoms with van der Waals surface area (Å²) in [6.45, 7) is 2.28. The van der Waals surface area contributed by atoms with E-state index in [1.807, 2.05) is 30.3 Å².